The number of hydrogen-bond donors (Lipinski definition) is 1. The van der Waals surface area contributed by atoms with E-state index >= 15 is 0 Å². The first kappa shape index (κ1) is 11.2. The molecule has 5 heteroatoms. The predicted octanol–water partition coefficient (Wildman–Crippen LogP) is 4.15. The molecule has 15 heavy (non-hydrogen) atoms. The Labute approximate surface area is 105 Å². The van der Waals surface area contributed by atoms with E-state index in [1.807, 2.05) is 13.0 Å². The fourth-order valence-electron chi connectivity index (χ4n) is 1.24. The first-order valence-corrected chi connectivity index (χ1v) is 6.26. The summed E-state index contributed by atoms with van der Waals surface area (Å²) in [5.74, 6) is 1.32. The van der Waals surface area contributed by atoms with Gasteiger partial charge in [-0.15, -0.1) is 11.3 Å². The molecule has 2 nitrogen and oxygen atoms in total. The molecular weight excluding hydrogens is 300 g/mol. The average Bonchev–Trinajstić information content (AvgIpc) is 2.74. The zero-order valence-corrected chi connectivity index (χ0v) is 11.0. The number of hydrogen-bond acceptors (Lipinski definition) is 3. The maximum Gasteiger partial charge on any atom is 0.146 e. The van der Waals surface area contributed by atoms with Crippen LogP contribution in [0.5, 0.6) is 0 Å². The minimum Gasteiger partial charge on any atom is -0.463 e. The van der Waals surface area contributed by atoms with Crippen molar-refractivity contribution in [2.75, 3.05) is 0 Å². The number of halogens is 2. The van der Waals surface area contributed by atoms with Gasteiger partial charge in [0.2, 0.25) is 0 Å². The van der Waals surface area contributed by atoms with Crippen molar-refractivity contribution >= 4 is 38.9 Å². The van der Waals surface area contributed by atoms with Crippen LogP contribution in [0.25, 0.3) is 0 Å². The van der Waals surface area contributed by atoms with Crippen molar-refractivity contribution < 1.29 is 9.52 Å². The summed E-state index contributed by atoms with van der Waals surface area (Å²) in [7, 11) is 0. The van der Waals surface area contributed by atoms with E-state index in [2.05, 4.69) is 15.9 Å². The van der Waals surface area contributed by atoms with E-state index in [1.54, 1.807) is 12.1 Å². The zero-order valence-electron chi connectivity index (χ0n) is 7.83. The summed E-state index contributed by atoms with van der Waals surface area (Å²) in [5.41, 5.74) is 0. The number of aliphatic hydroxyl groups excluding tert-OH is 1. The second-order valence-electron chi connectivity index (χ2n) is 3.12. The molecule has 1 atom stereocenters. The molecule has 0 spiro atoms. The molecule has 1 unspecified atom stereocenters. The number of thiophene rings is 1. The number of furan rings is 1. The van der Waals surface area contributed by atoms with Gasteiger partial charge in [-0.25, -0.2) is 0 Å². The molecule has 0 bridgehead atoms. The molecule has 0 aliphatic carbocycles. The van der Waals surface area contributed by atoms with Gasteiger partial charge in [-0.05, 0) is 41.1 Å². The van der Waals surface area contributed by atoms with Crippen LogP contribution in [0.4, 0.5) is 0 Å². The fourth-order valence-corrected chi connectivity index (χ4v) is 2.98. The van der Waals surface area contributed by atoms with E-state index in [0.717, 1.165) is 14.4 Å². The molecule has 0 radical (unpaired) electrons. The highest BCUT2D eigenvalue weighted by atomic mass is 79.9. The lowest BCUT2D eigenvalue weighted by molar-refractivity contribution is 0.191. The van der Waals surface area contributed by atoms with Crippen LogP contribution in [0.1, 0.15) is 22.5 Å². The summed E-state index contributed by atoms with van der Waals surface area (Å²) in [4.78, 5) is 0.765. The van der Waals surface area contributed by atoms with Crippen LogP contribution >= 0.6 is 38.9 Å². The van der Waals surface area contributed by atoms with Gasteiger partial charge in [-0.1, -0.05) is 11.6 Å². The van der Waals surface area contributed by atoms with Crippen molar-refractivity contribution in [3.63, 3.8) is 0 Å². The Morgan fingerprint density at radius 3 is 2.73 bits per heavy atom. The van der Waals surface area contributed by atoms with E-state index in [4.69, 9.17) is 16.0 Å². The molecule has 2 heterocycles. The van der Waals surface area contributed by atoms with Crippen molar-refractivity contribution in [2.45, 2.75) is 13.0 Å². The third kappa shape index (κ3) is 2.28. The standard InChI is InChI=1S/C10H8BrClO2S/c1-5-2-3-7(14-5)9(13)8-4-6(12)10(11)15-8/h2-4,9,13H,1H3. The number of rotatable bonds is 2. The summed E-state index contributed by atoms with van der Waals surface area (Å²) < 4.78 is 6.17. The highest BCUT2D eigenvalue weighted by Gasteiger charge is 2.17. The van der Waals surface area contributed by atoms with Crippen molar-refractivity contribution in [1.82, 2.24) is 0 Å². The molecular formula is C10H8BrClO2S. The largest absolute Gasteiger partial charge is 0.463 e. The second kappa shape index (κ2) is 4.29. The van der Waals surface area contributed by atoms with E-state index in [-0.39, 0.29) is 0 Å². The third-order valence-corrected chi connectivity index (χ3v) is 4.49. The van der Waals surface area contributed by atoms with Gasteiger partial charge >= 0.3 is 0 Å². The van der Waals surface area contributed by atoms with Crippen LogP contribution in [0, 0.1) is 6.92 Å². The molecule has 0 aliphatic rings. The average molecular weight is 308 g/mol. The van der Waals surface area contributed by atoms with Gasteiger partial charge in [0.25, 0.3) is 0 Å². The fraction of sp³-hybridized carbons (Fsp3) is 0.200. The molecule has 2 aromatic heterocycles. The lowest BCUT2D eigenvalue weighted by Crippen LogP contribution is -1.94. The Balaban J connectivity index is 2.31. The molecule has 0 aromatic carbocycles. The quantitative estimate of drug-likeness (QED) is 0.904. The van der Waals surface area contributed by atoms with E-state index < -0.39 is 6.10 Å². The first-order valence-electron chi connectivity index (χ1n) is 4.27. The summed E-state index contributed by atoms with van der Waals surface area (Å²) in [6.07, 6.45) is -0.743. The van der Waals surface area contributed by atoms with Crippen molar-refractivity contribution in [1.29, 1.82) is 0 Å². The molecule has 0 saturated heterocycles. The minimum absolute atomic E-state index is 0.540. The number of aryl methyl sites for hydroxylation is 1. The maximum absolute atomic E-state index is 9.98. The zero-order chi connectivity index (χ0) is 11.0. The highest BCUT2D eigenvalue weighted by Crippen LogP contribution is 2.37. The summed E-state index contributed by atoms with van der Waals surface area (Å²) in [6.45, 7) is 1.84. The van der Waals surface area contributed by atoms with Crippen LogP contribution in [0.15, 0.2) is 26.4 Å². The molecule has 0 fully saturated rings. The van der Waals surface area contributed by atoms with E-state index in [1.165, 1.54) is 11.3 Å². The van der Waals surface area contributed by atoms with Gasteiger partial charge in [0, 0.05) is 4.88 Å². The Morgan fingerprint density at radius 1 is 1.53 bits per heavy atom. The van der Waals surface area contributed by atoms with Crippen LogP contribution in [0.2, 0.25) is 5.02 Å². The minimum atomic E-state index is -0.743. The monoisotopic (exact) mass is 306 g/mol. The Hall–Kier alpha value is -0.290. The van der Waals surface area contributed by atoms with Crippen LogP contribution < -0.4 is 0 Å². The topological polar surface area (TPSA) is 33.4 Å². The van der Waals surface area contributed by atoms with Crippen molar-refractivity contribution in [2.24, 2.45) is 0 Å². The second-order valence-corrected chi connectivity index (χ2v) is 5.93. The van der Waals surface area contributed by atoms with E-state index in [0.29, 0.717) is 10.8 Å². The lowest BCUT2D eigenvalue weighted by Gasteiger charge is -2.03. The van der Waals surface area contributed by atoms with Gasteiger partial charge in [-0.2, -0.15) is 0 Å². The van der Waals surface area contributed by atoms with Gasteiger partial charge in [0.1, 0.15) is 17.6 Å². The van der Waals surface area contributed by atoms with Crippen LogP contribution in [-0.2, 0) is 0 Å². The molecule has 0 amide bonds. The molecule has 1 N–H and O–H groups in total. The summed E-state index contributed by atoms with van der Waals surface area (Å²) >= 11 is 10.6. The Kier molecular flexibility index (Phi) is 3.21. The van der Waals surface area contributed by atoms with Crippen LogP contribution in [-0.4, -0.2) is 5.11 Å². The maximum atomic E-state index is 9.98. The lowest BCUT2D eigenvalue weighted by atomic mass is 10.2. The Bertz CT molecular complexity index is 458. The van der Waals surface area contributed by atoms with E-state index in [9.17, 15) is 5.11 Å². The smallest absolute Gasteiger partial charge is 0.146 e. The highest BCUT2D eigenvalue weighted by molar-refractivity contribution is 9.11. The molecule has 2 aromatic rings. The predicted molar refractivity (Wildman–Crippen MR) is 64.5 cm³/mol. The normalized spacial score (nSPS) is 13.1. The van der Waals surface area contributed by atoms with Gasteiger partial charge in [-0.3, -0.25) is 0 Å². The summed E-state index contributed by atoms with van der Waals surface area (Å²) in [5, 5.41) is 10.6. The molecule has 80 valence electrons. The molecule has 0 saturated carbocycles. The number of aliphatic hydroxyl groups is 1. The van der Waals surface area contributed by atoms with Gasteiger partial charge < -0.3 is 9.52 Å². The SMILES string of the molecule is Cc1ccc(C(O)c2cc(Cl)c(Br)s2)o1. The van der Waals surface area contributed by atoms with Crippen molar-refractivity contribution in [3.8, 4) is 0 Å². The van der Waals surface area contributed by atoms with Gasteiger partial charge in [0.15, 0.2) is 0 Å². The molecule has 0 aliphatic heterocycles. The van der Waals surface area contributed by atoms with Crippen LogP contribution in [0.3, 0.4) is 0 Å². The molecule has 2 rings (SSSR count). The van der Waals surface area contributed by atoms with Crippen molar-refractivity contribution in [3.05, 3.63) is 43.4 Å². The first-order chi connectivity index (χ1) is 7.08. The third-order valence-electron chi connectivity index (χ3n) is 1.96. The Morgan fingerprint density at radius 2 is 2.27 bits per heavy atom. The van der Waals surface area contributed by atoms with Gasteiger partial charge in [0.05, 0.1) is 8.81 Å². The summed E-state index contributed by atoms with van der Waals surface area (Å²) in [6, 6.07) is 5.32.